The minimum atomic E-state index is -0.228. The SMILES string of the molecule is ClC=CC(Cl)c1c2ccccc2cc2ccccc12. The zero-order valence-corrected chi connectivity index (χ0v) is 11.7. The molecule has 0 bridgehead atoms. The molecule has 94 valence electrons. The van der Waals surface area contributed by atoms with Crippen molar-refractivity contribution in [3.8, 4) is 0 Å². The average Bonchev–Trinajstić information content (AvgIpc) is 2.44. The van der Waals surface area contributed by atoms with Gasteiger partial charge in [-0.25, -0.2) is 0 Å². The number of halogens is 2. The van der Waals surface area contributed by atoms with Gasteiger partial charge in [0.25, 0.3) is 0 Å². The van der Waals surface area contributed by atoms with Crippen LogP contribution in [-0.2, 0) is 0 Å². The van der Waals surface area contributed by atoms with Gasteiger partial charge in [0.1, 0.15) is 0 Å². The Hall–Kier alpha value is -1.50. The Labute approximate surface area is 122 Å². The van der Waals surface area contributed by atoms with E-state index in [-0.39, 0.29) is 5.38 Å². The second kappa shape index (κ2) is 5.24. The molecule has 1 unspecified atom stereocenters. The molecule has 0 nitrogen and oxygen atoms in total. The van der Waals surface area contributed by atoms with Crippen LogP contribution in [0, 0.1) is 0 Å². The topological polar surface area (TPSA) is 0 Å². The van der Waals surface area contributed by atoms with E-state index in [9.17, 15) is 0 Å². The van der Waals surface area contributed by atoms with Crippen molar-refractivity contribution in [1.29, 1.82) is 0 Å². The van der Waals surface area contributed by atoms with Gasteiger partial charge in [-0.3, -0.25) is 0 Å². The molecular weight excluding hydrogens is 275 g/mol. The maximum absolute atomic E-state index is 6.49. The predicted octanol–water partition coefficient (Wildman–Crippen LogP) is 6.03. The first-order chi connectivity index (χ1) is 9.31. The predicted molar refractivity (Wildman–Crippen MR) is 85.0 cm³/mol. The van der Waals surface area contributed by atoms with E-state index in [4.69, 9.17) is 23.2 Å². The highest BCUT2D eigenvalue weighted by molar-refractivity contribution is 6.28. The van der Waals surface area contributed by atoms with Gasteiger partial charge in [0.15, 0.2) is 0 Å². The lowest BCUT2D eigenvalue weighted by atomic mass is 9.95. The van der Waals surface area contributed by atoms with Gasteiger partial charge in [0.05, 0.1) is 5.38 Å². The molecule has 0 saturated carbocycles. The maximum Gasteiger partial charge on any atom is 0.0789 e. The summed E-state index contributed by atoms with van der Waals surface area (Å²) in [5, 5.41) is 4.52. The zero-order valence-electron chi connectivity index (χ0n) is 10.2. The van der Waals surface area contributed by atoms with Crippen molar-refractivity contribution < 1.29 is 0 Å². The van der Waals surface area contributed by atoms with Crippen LogP contribution >= 0.6 is 23.2 Å². The van der Waals surface area contributed by atoms with Crippen molar-refractivity contribution in [2.24, 2.45) is 0 Å². The minimum absolute atomic E-state index is 0.228. The summed E-state index contributed by atoms with van der Waals surface area (Å²) in [6.07, 6.45) is 1.80. The third-order valence-corrected chi connectivity index (χ3v) is 3.84. The van der Waals surface area contributed by atoms with E-state index >= 15 is 0 Å². The van der Waals surface area contributed by atoms with Crippen molar-refractivity contribution in [3.63, 3.8) is 0 Å². The van der Waals surface area contributed by atoms with E-state index in [1.165, 1.54) is 27.1 Å². The summed E-state index contributed by atoms with van der Waals surface area (Å²) < 4.78 is 0. The van der Waals surface area contributed by atoms with Crippen LogP contribution in [-0.4, -0.2) is 0 Å². The van der Waals surface area contributed by atoms with Crippen LogP contribution in [0.25, 0.3) is 21.5 Å². The Balaban J connectivity index is 2.46. The molecule has 0 aromatic heterocycles. The lowest BCUT2D eigenvalue weighted by molar-refractivity contribution is 1.27. The molecule has 3 aromatic rings. The molecule has 0 aliphatic carbocycles. The molecular formula is C17H12Cl2. The van der Waals surface area contributed by atoms with Gasteiger partial charge < -0.3 is 0 Å². The summed E-state index contributed by atoms with van der Waals surface area (Å²) in [6, 6.07) is 18.8. The first kappa shape index (κ1) is 12.5. The third kappa shape index (κ3) is 2.22. The van der Waals surface area contributed by atoms with Crippen LogP contribution in [0.2, 0.25) is 0 Å². The number of allylic oxidation sites excluding steroid dienone is 1. The Morgan fingerprint density at radius 3 is 1.89 bits per heavy atom. The zero-order chi connectivity index (χ0) is 13.2. The largest absolute Gasteiger partial charge is 0.113 e. The van der Waals surface area contributed by atoms with Gasteiger partial charge in [-0.05, 0) is 33.2 Å². The quantitative estimate of drug-likeness (QED) is 0.399. The summed E-state index contributed by atoms with van der Waals surface area (Å²) in [5.74, 6) is 0. The summed E-state index contributed by atoms with van der Waals surface area (Å²) >= 11 is 12.2. The minimum Gasteiger partial charge on any atom is -0.113 e. The molecule has 3 rings (SSSR count). The lowest BCUT2D eigenvalue weighted by Crippen LogP contribution is -1.91. The summed E-state index contributed by atoms with van der Waals surface area (Å²) in [6.45, 7) is 0. The molecule has 0 N–H and O–H groups in total. The highest BCUT2D eigenvalue weighted by Gasteiger charge is 2.13. The summed E-state index contributed by atoms with van der Waals surface area (Å²) in [7, 11) is 0. The normalized spacial score (nSPS) is 13.4. The highest BCUT2D eigenvalue weighted by Crippen LogP contribution is 2.36. The lowest BCUT2D eigenvalue weighted by Gasteiger charge is -2.13. The first-order valence-electron chi connectivity index (χ1n) is 6.12. The molecule has 0 fully saturated rings. The number of rotatable bonds is 2. The number of benzene rings is 3. The van der Waals surface area contributed by atoms with Crippen LogP contribution < -0.4 is 0 Å². The molecule has 0 heterocycles. The van der Waals surface area contributed by atoms with E-state index in [1.807, 2.05) is 24.3 Å². The van der Waals surface area contributed by atoms with E-state index < -0.39 is 0 Å². The number of hydrogen-bond donors (Lipinski definition) is 0. The monoisotopic (exact) mass is 286 g/mol. The molecule has 0 radical (unpaired) electrons. The van der Waals surface area contributed by atoms with Crippen LogP contribution in [0.15, 0.2) is 66.2 Å². The number of hydrogen-bond acceptors (Lipinski definition) is 0. The van der Waals surface area contributed by atoms with E-state index in [2.05, 4.69) is 30.3 Å². The van der Waals surface area contributed by atoms with E-state index in [0.29, 0.717) is 0 Å². The van der Waals surface area contributed by atoms with Crippen LogP contribution in [0.1, 0.15) is 10.9 Å². The Kier molecular flexibility index (Phi) is 3.46. The number of fused-ring (bicyclic) bond motifs is 2. The van der Waals surface area contributed by atoms with Crippen molar-refractivity contribution in [3.05, 3.63) is 71.8 Å². The fourth-order valence-corrected chi connectivity index (χ4v) is 3.03. The molecule has 0 saturated heterocycles. The Morgan fingerprint density at radius 2 is 1.37 bits per heavy atom. The third-order valence-electron chi connectivity index (χ3n) is 3.33. The van der Waals surface area contributed by atoms with Crippen LogP contribution in [0.4, 0.5) is 0 Å². The van der Waals surface area contributed by atoms with Crippen molar-refractivity contribution in [2.45, 2.75) is 5.38 Å². The van der Waals surface area contributed by atoms with E-state index in [0.717, 1.165) is 5.56 Å². The average molecular weight is 287 g/mol. The molecule has 3 aromatic carbocycles. The van der Waals surface area contributed by atoms with Gasteiger partial charge in [0.2, 0.25) is 0 Å². The Bertz CT molecular complexity index is 705. The second-order valence-electron chi connectivity index (χ2n) is 4.45. The van der Waals surface area contributed by atoms with Gasteiger partial charge in [0, 0.05) is 5.54 Å². The highest BCUT2D eigenvalue weighted by atomic mass is 35.5. The van der Waals surface area contributed by atoms with Gasteiger partial charge in [-0.2, -0.15) is 0 Å². The molecule has 19 heavy (non-hydrogen) atoms. The molecule has 0 spiro atoms. The fraction of sp³-hybridized carbons (Fsp3) is 0.0588. The standard InChI is InChI=1S/C17H12Cl2/c18-10-9-16(19)17-14-7-3-1-5-12(14)11-13-6-2-4-8-15(13)17/h1-11,16H. The molecule has 0 amide bonds. The smallest absolute Gasteiger partial charge is 0.0789 e. The molecule has 0 aliphatic heterocycles. The van der Waals surface area contributed by atoms with Gasteiger partial charge in [-0.15, -0.1) is 11.6 Å². The summed E-state index contributed by atoms with van der Waals surface area (Å²) in [5.41, 5.74) is 2.60. The maximum atomic E-state index is 6.49. The fourth-order valence-electron chi connectivity index (χ4n) is 2.51. The first-order valence-corrected chi connectivity index (χ1v) is 7.00. The van der Waals surface area contributed by atoms with Gasteiger partial charge in [-0.1, -0.05) is 66.2 Å². The van der Waals surface area contributed by atoms with Gasteiger partial charge >= 0.3 is 0 Å². The van der Waals surface area contributed by atoms with Crippen LogP contribution in [0.5, 0.6) is 0 Å². The van der Waals surface area contributed by atoms with E-state index in [1.54, 1.807) is 6.08 Å². The van der Waals surface area contributed by atoms with Crippen molar-refractivity contribution in [2.75, 3.05) is 0 Å². The molecule has 1 atom stereocenters. The van der Waals surface area contributed by atoms with Crippen molar-refractivity contribution in [1.82, 2.24) is 0 Å². The molecule has 2 heteroatoms. The van der Waals surface area contributed by atoms with Crippen molar-refractivity contribution >= 4 is 44.7 Å². The second-order valence-corrected chi connectivity index (χ2v) is 5.17. The number of alkyl halides is 1. The molecule has 0 aliphatic rings. The Morgan fingerprint density at radius 1 is 0.842 bits per heavy atom. The summed E-state index contributed by atoms with van der Waals surface area (Å²) in [4.78, 5) is 0. The van der Waals surface area contributed by atoms with Crippen LogP contribution in [0.3, 0.4) is 0 Å².